The smallest absolute Gasteiger partial charge is 0.124 e. The Labute approximate surface area is 145 Å². The largest absolute Gasteiger partial charge is 0.489 e. The molecular weight excluding hydrogens is 322 g/mol. The van der Waals surface area contributed by atoms with Crippen molar-refractivity contribution < 1.29 is 4.74 Å². The monoisotopic (exact) mass is 339 g/mol. The zero-order chi connectivity index (χ0) is 16.4. The molecule has 3 aromatic rings. The molecular formula is C19H18ClN3O. The molecule has 1 aliphatic heterocycles. The molecule has 4 nitrogen and oxygen atoms in total. The van der Waals surface area contributed by atoms with Crippen molar-refractivity contribution in [1.29, 1.82) is 0 Å². The van der Waals surface area contributed by atoms with E-state index in [9.17, 15) is 0 Å². The van der Waals surface area contributed by atoms with Crippen molar-refractivity contribution in [2.24, 2.45) is 0 Å². The summed E-state index contributed by atoms with van der Waals surface area (Å²) in [7, 11) is 0. The second-order valence-corrected chi connectivity index (χ2v) is 6.29. The first-order valence-corrected chi connectivity index (χ1v) is 8.41. The molecule has 122 valence electrons. The van der Waals surface area contributed by atoms with Gasteiger partial charge >= 0.3 is 0 Å². The molecule has 5 heteroatoms. The molecule has 1 aromatic heterocycles. The van der Waals surface area contributed by atoms with Crippen molar-refractivity contribution in [2.75, 3.05) is 6.54 Å². The van der Waals surface area contributed by atoms with Gasteiger partial charge < -0.3 is 15.0 Å². The first kappa shape index (κ1) is 15.2. The maximum absolute atomic E-state index is 6.09. The van der Waals surface area contributed by atoms with Gasteiger partial charge in [0.15, 0.2) is 0 Å². The quantitative estimate of drug-likeness (QED) is 0.758. The van der Waals surface area contributed by atoms with Crippen LogP contribution in [0.15, 0.2) is 54.9 Å². The van der Waals surface area contributed by atoms with Crippen LogP contribution in [-0.2, 0) is 13.0 Å². The van der Waals surface area contributed by atoms with Gasteiger partial charge in [0, 0.05) is 29.2 Å². The molecule has 1 aliphatic rings. The van der Waals surface area contributed by atoms with Gasteiger partial charge in [0.2, 0.25) is 0 Å². The second kappa shape index (κ2) is 6.67. The van der Waals surface area contributed by atoms with Crippen LogP contribution in [0, 0.1) is 0 Å². The third-order valence-corrected chi connectivity index (χ3v) is 4.54. The fraction of sp³-hybridized carbons (Fsp3) is 0.211. The summed E-state index contributed by atoms with van der Waals surface area (Å²) in [6.45, 7) is 1.43. The third-order valence-electron chi connectivity index (χ3n) is 4.29. The van der Waals surface area contributed by atoms with Gasteiger partial charge in [-0.15, -0.1) is 0 Å². The predicted octanol–water partition coefficient (Wildman–Crippen LogP) is 3.88. The lowest BCUT2D eigenvalue weighted by Gasteiger charge is -2.25. The number of rotatable bonds is 4. The van der Waals surface area contributed by atoms with Gasteiger partial charge in [0.1, 0.15) is 12.4 Å². The molecule has 2 heterocycles. The number of nitrogens with zero attached hydrogens (tertiary/aromatic N) is 1. The summed E-state index contributed by atoms with van der Waals surface area (Å²) in [5.41, 5.74) is 4.46. The maximum Gasteiger partial charge on any atom is 0.124 e. The number of halogens is 1. The van der Waals surface area contributed by atoms with E-state index < -0.39 is 0 Å². The van der Waals surface area contributed by atoms with Gasteiger partial charge in [-0.3, -0.25) is 0 Å². The van der Waals surface area contributed by atoms with Crippen LogP contribution in [0.2, 0.25) is 5.02 Å². The first-order valence-electron chi connectivity index (χ1n) is 8.03. The summed E-state index contributed by atoms with van der Waals surface area (Å²) in [5.74, 6) is 0.876. The molecule has 0 saturated heterocycles. The van der Waals surface area contributed by atoms with Crippen molar-refractivity contribution in [3.8, 4) is 5.75 Å². The van der Waals surface area contributed by atoms with Gasteiger partial charge in [-0.05, 0) is 23.8 Å². The van der Waals surface area contributed by atoms with Crippen LogP contribution in [0.4, 0.5) is 0 Å². The summed E-state index contributed by atoms with van der Waals surface area (Å²) in [5, 5.41) is 4.28. The standard InChI is InChI=1S/C19H18ClN3O/c20-14-7-5-13(6-8-14)11-24-17-4-2-1-3-15(17)18-19-16(9-10-21-18)22-12-23-19/h1-8,12,18,21H,9-11H2,(H,22,23)/t18-/m0/s1. The number of H-pyrrole nitrogens is 1. The lowest BCUT2D eigenvalue weighted by atomic mass is 9.97. The molecule has 0 aliphatic carbocycles. The maximum atomic E-state index is 6.09. The topological polar surface area (TPSA) is 49.9 Å². The molecule has 0 radical (unpaired) electrons. The van der Waals surface area contributed by atoms with Crippen LogP contribution in [0.3, 0.4) is 0 Å². The predicted molar refractivity (Wildman–Crippen MR) is 94.4 cm³/mol. The van der Waals surface area contributed by atoms with Crippen LogP contribution in [0.1, 0.15) is 28.6 Å². The average Bonchev–Trinajstić information content (AvgIpc) is 3.10. The Morgan fingerprint density at radius 1 is 1.12 bits per heavy atom. The highest BCUT2D eigenvalue weighted by molar-refractivity contribution is 6.30. The molecule has 0 fully saturated rings. The van der Waals surface area contributed by atoms with Gasteiger partial charge in [0.05, 0.1) is 18.1 Å². The fourth-order valence-electron chi connectivity index (χ4n) is 3.07. The Hall–Kier alpha value is -2.30. The minimum Gasteiger partial charge on any atom is -0.489 e. The Kier molecular flexibility index (Phi) is 4.24. The van der Waals surface area contributed by atoms with Crippen LogP contribution in [0.5, 0.6) is 5.75 Å². The summed E-state index contributed by atoms with van der Waals surface area (Å²) in [4.78, 5) is 7.73. The highest BCUT2D eigenvalue weighted by atomic mass is 35.5. The van der Waals surface area contributed by atoms with Gasteiger partial charge in [-0.25, -0.2) is 4.98 Å². The number of aromatic amines is 1. The highest BCUT2D eigenvalue weighted by Crippen LogP contribution is 2.32. The van der Waals surface area contributed by atoms with Crippen LogP contribution in [0.25, 0.3) is 0 Å². The van der Waals surface area contributed by atoms with E-state index in [2.05, 4.69) is 21.4 Å². The minimum absolute atomic E-state index is 0.0569. The second-order valence-electron chi connectivity index (χ2n) is 5.86. The molecule has 0 saturated carbocycles. The Balaban J connectivity index is 1.59. The normalized spacial score (nSPS) is 16.6. The van der Waals surface area contributed by atoms with Gasteiger partial charge in [0.25, 0.3) is 0 Å². The summed E-state index contributed by atoms with van der Waals surface area (Å²) < 4.78 is 6.09. The van der Waals surface area contributed by atoms with Crippen LogP contribution in [-0.4, -0.2) is 16.5 Å². The Morgan fingerprint density at radius 2 is 1.96 bits per heavy atom. The van der Waals surface area contributed by atoms with Crippen molar-refractivity contribution in [3.05, 3.63) is 82.4 Å². The number of imidazole rings is 1. The van der Waals surface area contributed by atoms with E-state index in [0.717, 1.165) is 40.6 Å². The average molecular weight is 340 g/mol. The van der Waals surface area contributed by atoms with E-state index in [0.29, 0.717) is 6.61 Å². The zero-order valence-corrected chi connectivity index (χ0v) is 13.9. The highest BCUT2D eigenvalue weighted by Gasteiger charge is 2.26. The molecule has 0 unspecified atom stereocenters. The molecule has 2 aromatic carbocycles. The van der Waals surface area contributed by atoms with E-state index >= 15 is 0 Å². The number of aromatic nitrogens is 2. The molecule has 0 amide bonds. The Morgan fingerprint density at radius 3 is 2.83 bits per heavy atom. The number of benzene rings is 2. The number of hydrogen-bond acceptors (Lipinski definition) is 3. The lowest BCUT2D eigenvalue weighted by molar-refractivity contribution is 0.300. The fourth-order valence-corrected chi connectivity index (χ4v) is 3.19. The first-order chi connectivity index (χ1) is 11.8. The number of hydrogen-bond donors (Lipinski definition) is 2. The SMILES string of the molecule is Clc1ccc(COc2ccccc2[C@@H]2NCCc3[nH]cnc32)cc1. The van der Waals surface area contributed by atoms with Gasteiger partial charge in [-0.1, -0.05) is 41.9 Å². The van der Waals surface area contributed by atoms with E-state index in [4.69, 9.17) is 16.3 Å². The van der Waals surface area contributed by atoms with Crippen LogP contribution >= 0.6 is 11.6 Å². The lowest BCUT2D eigenvalue weighted by Crippen LogP contribution is -2.31. The number of para-hydroxylation sites is 1. The van der Waals surface area contributed by atoms with Crippen molar-refractivity contribution in [2.45, 2.75) is 19.1 Å². The van der Waals surface area contributed by atoms with E-state index in [1.807, 2.05) is 42.5 Å². The van der Waals surface area contributed by atoms with Crippen molar-refractivity contribution >= 4 is 11.6 Å². The van der Waals surface area contributed by atoms with Crippen molar-refractivity contribution in [1.82, 2.24) is 15.3 Å². The minimum atomic E-state index is 0.0569. The summed E-state index contributed by atoms with van der Waals surface area (Å²) >= 11 is 5.93. The Bertz CT molecular complexity index is 829. The molecule has 2 N–H and O–H groups in total. The number of ether oxygens (including phenoxy) is 1. The van der Waals surface area contributed by atoms with Crippen molar-refractivity contribution in [3.63, 3.8) is 0 Å². The number of fused-ring (bicyclic) bond motifs is 1. The summed E-state index contributed by atoms with van der Waals surface area (Å²) in [6, 6.07) is 15.9. The van der Waals surface area contributed by atoms with Crippen LogP contribution < -0.4 is 10.1 Å². The zero-order valence-electron chi connectivity index (χ0n) is 13.1. The molecule has 0 bridgehead atoms. The molecule has 1 atom stereocenters. The van der Waals surface area contributed by atoms with E-state index in [1.165, 1.54) is 5.69 Å². The van der Waals surface area contributed by atoms with E-state index in [-0.39, 0.29) is 6.04 Å². The molecule has 4 rings (SSSR count). The summed E-state index contributed by atoms with van der Waals surface area (Å²) in [6.07, 6.45) is 2.74. The molecule has 0 spiro atoms. The number of nitrogens with one attached hydrogen (secondary N) is 2. The van der Waals surface area contributed by atoms with E-state index in [1.54, 1.807) is 6.33 Å². The van der Waals surface area contributed by atoms with Gasteiger partial charge in [-0.2, -0.15) is 0 Å². The third kappa shape index (κ3) is 3.03. The molecule has 24 heavy (non-hydrogen) atoms.